The maximum absolute atomic E-state index is 12.1. The lowest BCUT2D eigenvalue weighted by molar-refractivity contribution is -0.141. The molecule has 4 rings (SSSR count). The molecule has 2 aromatic carbocycles. The van der Waals surface area contributed by atoms with Crippen LogP contribution >= 0.6 is 0 Å². The highest BCUT2D eigenvalue weighted by atomic mass is 16.5. The highest BCUT2D eigenvalue weighted by molar-refractivity contribution is 5.75. The van der Waals surface area contributed by atoms with Gasteiger partial charge in [0.2, 0.25) is 0 Å². The molecule has 2 aliphatic rings. The van der Waals surface area contributed by atoms with Crippen LogP contribution in [0, 0.1) is 29.6 Å². The number of para-hydroxylation sites is 2. The smallest absolute Gasteiger partial charge is 0.314 e. The van der Waals surface area contributed by atoms with Crippen molar-refractivity contribution in [2.24, 2.45) is 29.6 Å². The minimum Gasteiger partial charge on any atom is -0.426 e. The SMILES string of the molecule is CC(C)CC1CCC(C(=O)Oc2ccccc2)CC1.CCCC1CCC(C(=O)Oc2ccccc2)CC1. The molecule has 202 valence electrons. The van der Waals surface area contributed by atoms with Crippen LogP contribution in [0.15, 0.2) is 60.7 Å². The average molecular weight is 507 g/mol. The van der Waals surface area contributed by atoms with E-state index in [0.29, 0.717) is 11.5 Å². The first-order chi connectivity index (χ1) is 17.9. The molecule has 0 unspecified atom stereocenters. The molecular formula is C33H46O4. The zero-order valence-electron chi connectivity index (χ0n) is 23.1. The number of esters is 2. The Labute approximate surface area is 224 Å². The number of benzene rings is 2. The third-order valence-electron chi connectivity index (χ3n) is 7.79. The van der Waals surface area contributed by atoms with Crippen LogP contribution in [0.2, 0.25) is 0 Å². The number of hydrogen-bond donors (Lipinski definition) is 0. The van der Waals surface area contributed by atoms with Gasteiger partial charge >= 0.3 is 11.9 Å². The van der Waals surface area contributed by atoms with Crippen LogP contribution in [0.4, 0.5) is 0 Å². The van der Waals surface area contributed by atoms with Gasteiger partial charge in [-0.3, -0.25) is 9.59 Å². The predicted octanol–water partition coefficient (Wildman–Crippen LogP) is 8.64. The lowest BCUT2D eigenvalue weighted by atomic mass is 9.78. The Bertz CT molecular complexity index is 908. The van der Waals surface area contributed by atoms with Crippen LogP contribution in [-0.4, -0.2) is 11.9 Å². The van der Waals surface area contributed by atoms with E-state index in [1.807, 2.05) is 60.7 Å². The van der Waals surface area contributed by atoms with Crippen molar-refractivity contribution in [1.82, 2.24) is 0 Å². The van der Waals surface area contributed by atoms with Gasteiger partial charge in [-0.1, -0.05) is 70.0 Å². The van der Waals surface area contributed by atoms with Gasteiger partial charge in [0, 0.05) is 0 Å². The second-order valence-corrected chi connectivity index (χ2v) is 11.3. The summed E-state index contributed by atoms with van der Waals surface area (Å²) in [5.74, 6) is 3.84. The molecule has 37 heavy (non-hydrogen) atoms. The first-order valence-corrected chi connectivity index (χ1v) is 14.5. The Kier molecular flexibility index (Phi) is 12.2. The van der Waals surface area contributed by atoms with E-state index in [0.717, 1.165) is 43.4 Å². The molecule has 2 aliphatic carbocycles. The van der Waals surface area contributed by atoms with Gasteiger partial charge in [0.1, 0.15) is 11.5 Å². The maximum atomic E-state index is 12.1. The van der Waals surface area contributed by atoms with Crippen LogP contribution in [-0.2, 0) is 9.59 Å². The van der Waals surface area contributed by atoms with E-state index in [1.54, 1.807) is 0 Å². The van der Waals surface area contributed by atoms with Crippen molar-refractivity contribution in [2.75, 3.05) is 0 Å². The molecule has 4 heteroatoms. The molecule has 2 fully saturated rings. The number of carbonyl (C=O) groups excluding carboxylic acids is 2. The molecule has 0 bridgehead atoms. The quantitative estimate of drug-likeness (QED) is 0.265. The van der Waals surface area contributed by atoms with E-state index < -0.39 is 0 Å². The first kappa shape index (κ1) is 28.9. The predicted molar refractivity (Wildman–Crippen MR) is 149 cm³/mol. The Morgan fingerprint density at radius 2 is 1.08 bits per heavy atom. The van der Waals surface area contributed by atoms with Crippen LogP contribution in [0.1, 0.15) is 91.4 Å². The lowest BCUT2D eigenvalue weighted by Crippen LogP contribution is -2.26. The fourth-order valence-corrected chi connectivity index (χ4v) is 5.77. The van der Waals surface area contributed by atoms with Crippen molar-refractivity contribution in [3.05, 3.63) is 60.7 Å². The lowest BCUT2D eigenvalue weighted by Gasteiger charge is -2.28. The van der Waals surface area contributed by atoms with Gasteiger partial charge in [-0.15, -0.1) is 0 Å². The van der Waals surface area contributed by atoms with E-state index in [-0.39, 0.29) is 23.8 Å². The largest absolute Gasteiger partial charge is 0.426 e. The molecule has 2 saturated carbocycles. The Morgan fingerprint density at radius 1 is 0.676 bits per heavy atom. The third-order valence-corrected chi connectivity index (χ3v) is 7.79. The standard InChI is InChI=1S/C17H24O2.C16H22O2/c1-13(2)12-14-8-10-15(11-9-14)17(18)19-16-6-4-3-5-7-16;1-2-6-13-9-11-14(12-10-13)16(17)18-15-7-4-3-5-8-15/h3-7,13-15H,8-12H2,1-2H3;3-5,7-8,13-14H,2,6,9-12H2,1H3. The van der Waals surface area contributed by atoms with Gasteiger partial charge in [-0.25, -0.2) is 0 Å². The maximum Gasteiger partial charge on any atom is 0.314 e. The van der Waals surface area contributed by atoms with Crippen molar-refractivity contribution in [1.29, 1.82) is 0 Å². The summed E-state index contributed by atoms with van der Waals surface area (Å²) in [6, 6.07) is 18.7. The molecule has 0 amide bonds. The summed E-state index contributed by atoms with van der Waals surface area (Å²) < 4.78 is 10.8. The Morgan fingerprint density at radius 3 is 1.46 bits per heavy atom. The fourth-order valence-electron chi connectivity index (χ4n) is 5.77. The van der Waals surface area contributed by atoms with Gasteiger partial charge in [-0.2, -0.15) is 0 Å². The summed E-state index contributed by atoms with van der Waals surface area (Å²) in [4.78, 5) is 24.1. The molecule has 0 N–H and O–H groups in total. The second kappa shape index (κ2) is 15.6. The first-order valence-electron chi connectivity index (χ1n) is 14.5. The van der Waals surface area contributed by atoms with Gasteiger partial charge in [0.05, 0.1) is 11.8 Å². The zero-order valence-corrected chi connectivity index (χ0v) is 23.1. The monoisotopic (exact) mass is 506 g/mol. The van der Waals surface area contributed by atoms with E-state index in [2.05, 4.69) is 20.8 Å². The third kappa shape index (κ3) is 10.3. The molecule has 0 radical (unpaired) electrons. The number of carbonyl (C=O) groups is 2. The molecular weight excluding hydrogens is 460 g/mol. The van der Waals surface area contributed by atoms with Crippen molar-refractivity contribution < 1.29 is 19.1 Å². The summed E-state index contributed by atoms with van der Waals surface area (Å²) in [6.45, 7) is 6.78. The van der Waals surface area contributed by atoms with E-state index >= 15 is 0 Å². The zero-order chi connectivity index (χ0) is 26.5. The molecule has 0 heterocycles. The highest BCUT2D eigenvalue weighted by Gasteiger charge is 2.28. The van der Waals surface area contributed by atoms with Crippen molar-refractivity contribution in [3.63, 3.8) is 0 Å². The van der Waals surface area contributed by atoms with Gasteiger partial charge in [0.15, 0.2) is 0 Å². The molecule has 0 saturated heterocycles. The van der Waals surface area contributed by atoms with Crippen LogP contribution in [0.25, 0.3) is 0 Å². The summed E-state index contributed by atoms with van der Waals surface area (Å²) >= 11 is 0. The van der Waals surface area contributed by atoms with E-state index in [1.165, 1.54) is 44.9 Å². The van der Waals surface area contributed by atoms with Crippen molar-refractivity contribution in [2.45, 2.75) is 91.4 Å². The minimum absolute atomic E-state index is 0.0452. The molecule has 0 aromatic heterocycles. The summed E-state index contributed by atoms with van der Waals surface area (Å²) in [6.07, 6.45) is 12.5. The summed E-state index contributed by atoms with van der Waals surface area (Å²) in [5, 5.41) is 0. The highest BCUT2D eigenvalue weighted by Crippen LogP contribution is 2.34. The normalized spacial score (nSPS) is 23.5. The molecule has 0 spiro atoms. The number of hydrogen-bond acceptors (Lipinski definition) is 4. The topological polar surface area (TPSA) is 52.6 Å². The summed E-state index contributed by atoms with van der Waals surface area (Å²) in [7, 11) is 0. The number of rotatable bonds is 8. The van der Waals surface area contributed by atoms with E-state index in [4.69, 9.17) is 9.47 Å². The van der Waals surface area contributed by atoms with E-state index in [9.17, 15) is 9.59 Å². The van der Waals surface area contributed by atoms with Crippen molar-refractivity contribution in [3.8, 4) is 11.5 Å². The van der Waals surface area contributed by atoms with Gasteiger partial charge < -0.3 is 9.47 Å². The summed E-state index contributed by atoms with van der Waals surface area (Å²) in [5.41, 5.74) is 0. The second-order valence-electron chi connectivity index (χ2n) is 11.3. The molecule has 4 nitrogen and oxygen atoms in total. The van der Waals surface area contributed by atoms with Gasteiger partial charge in [0.25, 0.3) is 0 Å². The Balaban J connectivity index is 0.000000206. The fraction of sp³-hybridized carbons (Fsp3) is 0.576. The van der Waals surface area contributed by atoms with Crippen molar-refractivity contribution >= 4 is 11.9 Å². The van der Waals surface area contributed by atoms with Crippen LogP contribution in [0.5, 0.6) is 11.5 Å². The van der Waals surface area contributed by atoms with Crippen LogP contribution < -0.4 is 9.47 Å². The Hall–Kier alpha value is -2.62. The molecule has 2 aromatic rings. The molecule has 0 atom stereocenters. The van der Waals surface area contributed by atoms with Crippen LogP contribution in [0.3, 0.4) is 0 Å². The minimum atomic E-state index is -0.0470. The average Bonchev–Trinajstić information content (AvgIpc) is 2.91. The number of ether oxygens (including phenoxy) is 2. The molecule has 0 aliphatic heterocycles. The van der Waals surface area contributed by atoms with Gasteiger partial charge in [-0.05, 0) is 99.8 Å².